The fourth-order valence-corrected chi connectivity index (χ4v) is 4.18. The number of benzene rings is 1. The fourth-order valence-electron chi connectivity index (χ4n) is 3.20. The van der Waals surface area contributed by atoms with E-state index >= 15 is 0 Å². The van der Waals surface area contributed by atoms with E-state index < -0.39 is 26.7 Å². The van der Waals surface area contributed by atoms with Gasteiger partial charge in [0, 0.05) is 18.2 Å². The summed E-state index contributed by atoms with van der Waals surface area (Å²) in [7, 11) is -1.04. The van der Waals surface area contributed by atoms with Crippen molar-refractivity contribution in [2.75, 3.05) is 26.5 Å². The maximum absolute atomic E-state index is 12.6. The van der Waals surface area contributed by atoms with Crippen LogP contribution in [-0.4, -0.2) is 62.0 Å². The second-order valence-corrected chi connectivity index (χ2v) is 8.50. The molecule has 0 bridgehead atoms. The lowest BCUT2D eigenvalue weighted by atomic mass is 10.0. The minimum absolute atomic E-state index is 0.0123. The van der Waals surface area contributed by atoms with Crippen molar-refractivity contribution in [1.29, 1.82) is 0 Å². The van der Waals surface area contributed by atoms with Crippen LogP contribution in [0.5, 0.6) is 11.5 Å². The van der Waals surface area contributed by atoms with Gasteiger partial charge in [0.1, 0.15) is 5.75 Å². The number of hydrogen-bond acceptors (Lipinski definition) is 8. The maximum Gasteiger partial charge on any atom is 0.336 e. The number of likely N-dealkylation sites (tertiary alicyclic amines) is 1. The molecule has 152 valence electrons. The highest BCUT2D eigenvalue weighted by molar-refractivity contribution is 7.91. The lowest BCUT2D eigenvalue weighted by molar-refractivity contribution is -0.131. The Bertz CT molecular complexity index is 956. The van der Waals surface area contributed by atoms with Crippen LogP contribution in [0.2, 0.25) is 0 Å². The summed E-state index contributed by atoms with van der Waals surface area (Å²) in [5.41, 5.74) is 0.475. The zero-order valence-corrected chi connectivity index (χ0v) is 16.9. The Labute approximate surface area is 163 Å². The number of hydrogen-bond donors (Lipinski definition) is 0. The van der Waals surface area contributed by atoms with Crippen molar-refractivity contribution in [2.45, 2.75) is 37.5 Å². The number of methoxy groups -OCH3 is 2. The first kappa shape index (κ1) is 20.1. The van der Waals surface area contributed by atoms with Gasteiger partial charge in [0.2, 0.25) is 21.6 Å². The summed E-state index contributed by atoms with van der Waals surface area (Å²) in [5.74, 6) is -0.168. The molecule has 28 heavy (non-hydrogen) atoms. The largest absolute Gasteiger partial charge is 0.493 e. The molecule has 0 radical (unpaired) electrons. The highest BCUT2D eigenvalue weighted by Crippen LogP contribution is 2.32. The molecule has 9 nitrogen and oxygen atoms in total. The molecule has 2 heterocycles. The molecule has 1 atom stereocenters. The van der Waals surface area contributed by atoms with E-state index in [1.807, 2.05) is 6.92 Å². The van der Waals surface area contributed by atoms with Crippen molar-refractivity contribution in [2.24, 2.45) is 0 Å². The Balaban J connectivity index is 1.79. The number of ether oxygens (including phenoxy) is 2. The average molecular weight is 409 g/mol. The van der Waals surface area contributed by atoms with Gasteiger partial charge in [0.15, 0.2) is 11.5 Å². The van der Waals surface area contributed by atoms with E-state index in [1.54, 1.807) is 23.1 Å². The summed E-state index contributed by atoms with van der Waals surface area (Å²) in [6.45, 7) is 2.49. The molecular weight excluding hydrogens is 386 g/mol. The Morgan fingerprint density at radius 3 is 2.64 bits per heavy atom. The normalized spacial score (nSPS) is 17.4. The van der Waals surface area contributed by atoms with Crippen LogP contribution >= 0.6 is 0 Å². The Morgan fingerprint density at radius 2 is 1.96 bits per heavy atom. The third kappa shape index (κ3) is 4.11. The van der Waals surface area contributed by atoms with Crippen LogP contribution in [0.25, 0.3) is 11.5 Å². The number of carbonyl (C=O) groups is 1. The van der Waals surface area contributed by atoms with Gasteiger partial charge in [-0.2, -0.15) is 0 Å². The molecule has 1 aromatic carbocycles. The maximum atomic E-state index is 12.6. The molecular formula is C18H23N3O6S. The molecule has 2 aromatic rings. The zero-order valence-electron chi connectivity index (χ0n) is 16.0. The van der Waals surface area contributed by atoms with Gasteiger partial charge in [-0.15, -0.1) is 5.10 Å². The van der Waals surface area contributed by atoms with Crippen molar-refractivity contribution < 1.29 is 27.1 Å². The summed E-state index contributed by atoms with van der Waals surface area (Å²) < 4.78 is 40.9. The van der Waals surface area contributed by atoms with Crippen molar-refractivity contribution in [3.63, 3.8) is 0 Å². The third-order valence-electron chi connectivity index (χ3n) is 4.74. The van der Waals surface area contributed by atoms with E-state index in [-0.39, 0.29) is 11.9 Å². The molecule has 1 aromatic heterocycles. The van der Waals surface area contributed by atoms with E-state index in [9.17, 15) is 13.2 Å². The summed E-state index contributed by atoms with van der Waals surface area (Å²) in [6.07, 6.45) is 2.78. The van der Waals surface area contributed by atoms with Gasteiger partial charge in [0.05, 0.1) is 14.2 Å². The second-order valence-electron chi connectivity index (χ2n) is 6.63. The number of sulfone groups is 1. The third-order valence-corrected chi connectivity index (χ3v) is 6.06. The Morgan fingerprint density at radius 1 is 1.21 bits per heavy atom. The van der Waals surface area contributed by atoms with Crippen molar-refractivity contribution >= 4 is 15.7 Å². The van der Waals surface area contributed by atoms with Gasteiger partial charge in [-0.1, -0.05) is 5.10 Å². The highest BCUT2D eigenvalue weighted by atomic mass is 32.2. The van der Waals surface area contributed by atoms with Crippen LogP contribution in [0.4, 0.5) is 0 Å². The van der Waals surface area contributed by atoms with Gasteiger partial charge in [-0.05, 0) is 44.4 Å². The van der Waals surface area contributed by atoms with Gasteiger partial charge in [0.25, 0.3) is 0 Å². The van der Waals surface area contributed by atoms with E-state index in [0.29, 0.717) is 23.6 Å². The average Bonchev–Trinajstić information content (AvgIpc) is 3.18. The van der Waals surface area contributed by atoms with E-state index in [0.717, 1.165) is 19.3 Å². The minimum Gasteiger partial charge on any atom is -0.493 e. The molecule has 0 N–H and O–H groups in total. The van der Waals surface area contributed by atoms with Crippen LogP contribution in [-0.2, 0) is 14.6 Å². The first-order valence-corrected chi connectivity index (χ1v) is 10.6. The summed E-state index contributed by atoms with van der Waals surface area (Å²) in [4.78, 5) is 14.1. The van der Waals surface area contributed by atoms with Crippen LogP contribution in [0.1, 0.15) is 26.2 Å². The summed E-state index contributed by atoms with van der Waals surface area (Å²) in [6, 6.07) is 4.92. The SMILES string of the molecule is COc1ccc(-c2nnc(S(=O)(=O)CC(=O)N3CCCCC3C)o2)cc1OC. The van der Waals surface area contributed by atoms with Gasteiger partial charge in [-0.3, -0.25) is 4.79 Å². The van der Waals surface area contributed by atoms with Crippen molar-refractivity contribution in [3.05, 3.63) is 18.2 Å². The van der Waals surface area contributed by atoms with Gasteiger partial charge >= 0.3 is 5.22 Å². The lowest BCUT2D eigenvalue weighted by Gasteiger charge is -2.33. The Kier molecular flexibility index (Phi) is 5.87. The molecule has 1 fully saturated rings. The number of rotatable bonds is 6. The molecule has 1 aliphatic heterocycles. The van der Waals surface area contributed by atoms with Crippen LogP contribution in [0.3, 0.4) is 0 Å². The highest BCUT2D eigenvalue weighted by Gasteiger charge is 2.31. The minimum atomic E-state index is -4.04. The molecule has 0 saturated carbocycles. The van der Waals surface area contributed by atoms with E-state index in [2.05, 4.69) is 10.2 Å². The quantitative estimate of drug-likeness (QED) is 0.711. The zero-order chi connectivity index (χ0) is 20.3. The lowest BCUT2D eigenvalue weighted by Crippen LogP contribution is -2.44. The molecule has 1 unspecified atom stereocenters. The summed E-state index contributed by atoms with van der Waals surface area (Å²) in [5, 5.41) is 6.86. The molecule has 0 spiro atoms. The number of aromatic nitrogens is 2. The van der Waals surface area contributed by atoms with Gasteiger partial charge < -0.3 is 18.8 Å². The first-order chi connectivity index (χ1) is 13.4. The molecule has 3 rings (SSSR count). The molecule has 10 heteroatoms. The fraction of sp³-hybridized carbons (Fsp3) is 0.500. The second kappa shape index (κ2) is 8.17. The number of carbonyl (C=O) groups excluding carboxylic acids is 1. The standard InChI is InChI=1S/C18H23N3O6S/c1-12-6-4-5-9-21(12)16(22)11-28(23,24)18-20-19-17(27-18)13-7-8-14(25-2)15(10-13)26-3/h7-8,10,12H,4-6,9,11H2,1-3H3. The van der Waals surface area contributed by atoms with Crippen LogP contribution in [0, 0.1) is 0 Å². The van der Waals surface area contributed by atoms with E-state index in [1.165, 1.54) is 14.2 Å². The summed E-state index contributed by atoms with van der Waals surface area (Å²) >= 11 is 0. The van der Waals surface area contributed by atoms with Crippen molar-refractivity contribution in [1.82, 2.24) is 15.1 Å². The number of nitrogens with zero attached hydrogens (tertiary/aromatic N) is 3. The Hall–Kier alpha value is -2.62. The molecule has 1 aliphatic rings. The van der Waals surface area contributed by atoms with Crippen LogP contribution < -0.4 is 9.47 Å². The van der Waals surface area contributed by atoms with Gasteiger partial charge in [-0.25, -0.2) is 8.42 Å². The van der Waals surface area contributed by atoms with Crippen LogP contribution in [0.15, 0.2) is 27.8 Å². The predicted octanol–water partition coefficient (Wildman–Crippen LogP) is 1.93. The smallest absolute Gasteiger partial charge is 0.336 e. The van der Waals surface area contributed by atoms with Crippen molar-refractivity contribution in [3.8, 4) is 23.0 Å². The topological polar surface area (TPSA) is 112 Å². The number of amides is 1. The monoisotopic (exact) mass is 409 g/mol. The number of piperidine rings is 1. The molecule has 1 amide bonds. The molecule has 0 aliphatic carbocycles. The first-order valence-electron chi connectivity index (χ1n) is 8.94. The molecule has 1 saturated heterocycles. The van der Waals surface area contributed by atoms with E-state index in [4.69, 9.17) is 13.9 Å². The predicted molar refractivity (Wildman–Crippen MR) is 99.9 cm³/mol.